The van der Waals surface area contributed by atoms with Crippen LogP contribution < -0.4 is 10.1 Å². The van der Waals surface area contributed by atoms with Crippen LogP contribution in [0, 0.1) is 0 Å². The number of ether oxygens (including phenoxy) is 1. The van der Waals surface area contributed by atoms with Crippen LogP contribution in [0.3, 0.4) is 0 Å². The third-order valence-corrected chi connectivity index (χ3v) is 3.94. The zero-order valence-corrected chi connectivity index (χ0v) is 11.9. The predicted octanol–water partition coefficient (Wildman–Crippen LogP) is 2.38. The number of hydrogen-bond acceptors (Lipinski definition) is 3. The Labute approximate surface area is 110 Å². The van der Waals surface area contributed by atoms with Crippen molar-refractivity contribution in [2.75, 3.05) is 12.4 Å². The minimum atomic E-state index is -0.266. The van der Waals surface area contributed by atoms with Gasteiger partial charge in [0.15, 0.2) is 0 Å². The van der Waals surface area contributed by atoms with E-state index in [4.69, 9.17) is 4.74 Å². The van der Waals surface area contributed by atoms with E-state index in [2.05, 4.69) is 26.2 Å². The van der Waals surface area contributed by atoms with Crippen molar-refractivity contribution in [1.82, 2.24) is 10.3 Å². The van der Waals surface area contributed by atoms with Crippen LogP contribution >= 0.6 is 15.9 Å². The highest BCUT2D eigenvalue weighted by molar-refractivity contribution is 9.09. The molecule has 1 heterocycles. The lowest BCUT2D eigenvalue weighted by Gasteiger charge is -2.27. The fraction of sp³-hybridized carbons (Fsp3) is 0.500. The summed E-state index contributed by atoms with van der Waals surface area (Å²) >= 11 is 3.41. The van der Waals surface area contributed by atoms with Crippen LogP contribution in [-0.2, 0) is 0 Å². The van der Waals surface area contributed by atoms with E-state index >= 15 is 0 Å². The molecule has 0 fully saturated rings. The zero-order chi connectivity index (χ0) is 12.9. The van der Waals surface area contributed by atoms with E-state index in [0.29, 0.717) is 16.8 Å². The number of aromatic nitrogens is 1. The summed E-state index contributed by atoms with van der Waals surface area (Å²) in [5.41, 5.74) is 0.188. The van der Waals surface area contributed by atoms with Gasteiger partial charge in [0.25, 0.3) is 5.91 Å². The van der Waals surface area contributed by atoms with Gasteiger partial charge in [0.05, 0.1) is 7.11 Å². The molecule has 0 bridgehead atoms. The maximum absolute atomic E-state index is 12.1. The first kappa shape index (κ1) is 14.0. The van der Waals surface area contributed by atoms with E-state index in [1.807, 2.05) is 13.8 Å². The molecule has 1 aromatic heterocycles. The average Bonchev–Trinajstić information content (AvgIpc) is 2.38. The van der Waals surface area contributed by atoms with Crippen molar-refractivity contribution in [3.63, 3.8) is 0 Å². The van der Waals surface area contributed by atoms with Gasteiger partial charge >= 0.3 is 0 Å². The molecule has 0 saturated carbocycles. The molecule has 0 radical (unpaired) electrons. The minimum Gasteiger partial charge on any atom is -0.480 e. The molecule has 1 unspecified atom stereocenters. The molecule has 0 aromatic carbocycles. The Hall–Kier alpha value is -1.10. The first-order valence-corrected chi connectivity index (χ1v) is 6.56. The monoisotopic (exact) mass is 300 g/mol. The number of rotatable bonds is 5. The quantitative estimate of drug-likeness (QED) is 0.850. The van der Waals surface area contributed by atoms with Gasteiger partial charge in [-0.15, -0.1) is 0 Å². The Morgan fingerprint density at radius 3 is 2.88 bits per heavy atom. The smallest absolute Gasteiger partial charge is 0.257 e. The van der Waals surface area contributed by atoms with Gasteiger partial charge in [0.2, 0.25) is 5.88 Å². The summed E-state index contributed by atoms with van der Waals surface area (Å²) in [5.74, 6) is 0.178. The highest BCUT2D eigenvalue weighted by Crippen LogP contribution is 2.17. The Morgan fingerprint density at radius 1 is 1.65 bits per heavy atom. The van der Waals surface area contributed by atoms with Crippen molar-refractivity contribution in [2.45, 2.75) is 25.8 Å². The fourth-order valence-corrected chi connectivity index (χ4v) is 1.82. The van der Waals surface area contributed by atoms with Crippen LogP contribution in [0.2, 0.25) is 0 Å². The number of carbonyl (C=O) groups is 1. The molecular formula is C12H17BrN2O2. The Balaban J connectivity index is 2.90. The van der Waals surface area contributed by atoms with E-state index < -0.39 is 0 Å². The summed E-state index contributed by atoms with van der Waals surface area (Å²) in [7, 11) is 1.50. The normalized spacial score (nSPS) is 13.9. The van der Waals surface area contributed by atoms with Crippen LogP contribution in [-0.4, -0.2) is 28.9 Å². The third kappa shape index (κ3) is 3.43. The molecule has 1 N–H and O–H groups in total. The number of pyridine rings is 1. The molecule has 0 aliphatic carbocycles. The Kier molecular flexibility index (Phi) is 4.93. The van der Waals surface area contributed by atoms with E-state index in [0.717, 1.165) is 6.42 Å². The summed E-state index contributed by atoms with van der Waals surface area (Å²) in [6.45, 7) is 4.02. The van der Waals surface area contributed by atoms with Gasteiger partial charge < -0.3 is 10.1 Å². The van der Waals surface area contributed by atoms with E-state index in [1.165, 1.54) is 7.11 Å². The molecule has 0 spiro atoms. The molecule has 1 amide bonds. The van der Waals surface area contributed by atoms with Crippen molar-refractivity contribution >= 4 is 21.8 Å². The molecule has 0 saturated heterocycles. The van der Waals surface area contributed by atoms with Gasteiger partial charge in [-0.25, -0.2) is 4.98 Å². The van der Waals surface area contributed by atoms with Crippen LogP contribution in [0.15, 0.2) is 18.3 Å². The molecule has 5 heteroatoms. The standard InChI is InChI=1S/C12H17BrN2O2/c1-4-12(2,8-13)15-10(16)9-6-5-7-14-11(9)17-3/h5-7H,4,8H2,1-3H3,(H,15,16). The lowest BCUT2D eigenvalue weighted by Crippen LogP contribution is -2.47. The number of methoxy groups -OCH3 is 1. The summed E-state index contributed by atoms with van der Waals surface area (Å²) in [4.78, 5) is 16.1. The predicted molar refractivity (Wildman–Crippen MR) is 70.7 cm³/mol. The molecule has 1 atom stereocenters. The molecule has 4 nitrogen and oxygen atoms in total. The zero-order valence-electron chi connectivity index (χ0n) is 10.3. The Morgan fingerprint density at radius 2 is 2.35 bits per heavy atom. The van der Waals surface area contributed by atoms with Crippen molar-refractivity contribution in [3.8, 4) is 5.88 Å². The molecule has 1 aromatic rings. The van der Waals surface area contributed by atoms with Gasteiger partial charge in [0.1, 0.15) is 5.56 Å². The minimum absolute atomic E-state index is 0.168. The summed E-state index contributed by atoms with van der Waals surface area (Å²) in [5, 5.41) is 3.68. The molecule has 1 rings (SSSR count). The Bertz CT molecular complexity index is 392. The molecule has 94 valence electrons. The summed E-state index contributed by atoms with van der Waals surface area (Å²) in [6, 6.07) is 3.42. The molecule has 0 aliphatic heterocycles. The van der Waals surface area contributed by atoms with E-state index in [-0.39, 0.29) is 11.4 Å². The van der Waals surface area contributed by atoms with Crippen LogP contribution in [0.25, 0.3) is 0 Å². The number of nitrogens with zero attached hydrogens (tertiary/aromatic N) is 1. The largest absolute Gasteiger partial charge is 0.480 e. The first-order chi connectivity index (χ1) is 8.06. The topological polar surface area (TPSA) is 51.2 Å². The first-order valence-electron chi connectivity index (χ1n) is 5.44. The second kappa shape index (κ2) is 6.00. The molecule has 0 aliphatic rings. The lowest BCUT2D eigenvalue weighted by molar-refractivity contribution is 0.0909. The maximum Gasteiger partial charge on any atom is 0.257 e. The van der Waals surface area contributed by atoms with Gasteiger partial charge in [-0.05, 0) is 25.5 Å². The number of halogens is 1. The van der Waals surface area contributed by atoms with Gasteiger partial charge in [-0.2, -0.15) is 0 Å². The highest BCUT2D eigenvalue weighted by Gasteiger charge is 2.25. The van der Waals surface area contributed by atoms with Crippen LogP contribution in [0.5, 0.6) is 5.88 Å². The third-order valence-electron chi connectivity index (χ3n) is 2.70. The van der Waals surface area contributed by atoms with Crippen molar-refractivity contribution in [3.05, 3.63) is 23.9 Å². The number of hydrogen-bond donors (Lipinski definition) is 1. The second-order valence-electron chi connectivity index (χ2n) is 4.06. The average molecular weight is 301 g/mol. The fourth-order valence-electron chi connectivity index (χ4n) is 1.28. The maximum atomic E-state index is 12.1. The summed E-state index contributed by atoms with van der Waals surface area (Å²) < 4.78 is 5.06. The van der Waals surface area contributed by atoms with Crippen molar-refractivity contribution in [1.29, 1.82) is 0 Å². The summed E-state index contributed by atoms with van der Waals surface area (Å²) in [6.07, 6.45) is 2.44. The highest BCUT2D eigenvalue weighted by atomic mass is 79.9. The number of amides is 1. The molecular weight excluding hydrogens is 284 g/mol. The molecule has 17 heavy (non-hydrogen) atoms. The van der Waals surface area contributed by atoms with Gasteiger partial charge in [-0.3, -0.25) is 4.79 Å². The van der Waals surface area contributed by atoms with Crippen molar-refractivity contribution < 1.29 is 9.53 Å². The number of nitrogens with one attached hydrogen (secondary N) is 1. The van der Waals surface area contributed by atoms with Crippen LogP contribution in [0.4, 0.5) is 0 Å². The van der Waals surface area contributed by atoms with Gasteiger partial charge in [-0.1, -0.05) is 22.9 Å². The van der Waals surface area contributed by atoms with Gasteiger partial charge in [0, 0.05) is 17.1 Å². The lowest BCUT2D eigenvalue weighted by atomic mass is 10.0. The van der Waals surface area contributed by atoms with Crippen molar-refractivity contribution in [2.24, 2.45) is 0 Å². The SMILES string of the molecule is CCC(C)(CBr)NC(=O)c1cccnc1OC. The van der Waals surface area contributed by atoms with Crippen LogP contribution in [0.1, 0.15) is 30.6 Å². The van der Waals surface area contributed by atoms with E-state index in [1.54, 1.807) is 18.3 Å². The number of carbonyl (C=O) groups excluding carboxylic acids is 1. The van der Waals surface area contributed by atoms with E-state index in [9.17, 15) is 4.79 Å². The second-order valence-corrected chi connectivity index (χ2v) is 4.62. The number of alkyl halides is 1.